The van der Waals surface area contributed by atoms with E-state index in [4.69, 9.17) is 11.1 Å². The Hall–Kier alpha value is -4.28. The molecule has 0 aromatic heterocycles. The van der Waals surface area contributed by atoms with Gasteiger partial charge in [-0.2, -0.15) is 0 Å². The van der Waals surface area contributed by atoms with E-state index in [0.29, 0.717) is 0 Å². The van der Waals surface area contributed by atoms with Crippen LogP contribution in [-0.2, 0) is 5.41 Å². The van der Waals surface area contributed by atoms with Crippen molar-refractivity contribution >= 4 is 22.9 Å². The number of hydrogen-bond acceptors (Lipinski definition) is 1. The van der Waals surface area contributed by atoms with Crippen molar-refractivity contribution in [3.8, 4) is 33.4 Å². The summed E-state index contributed by atoms with van der Waals surface area (Å²) in [5.74, 6) is 0.126. The summed E-state index contributed by atoms with van der Waals surface area (Å²) in [7, 11) is 0. The van der Waals surface area contributed by atoms with Crippen molar-refractivity contribution < 1.29 is 29.6 Å². The smallest absolute Gasteiger partial charge is 0.482 e. The summed E-state index contributed by atoms with van der Waals surface area (Å²) in [6.07, 6.45) is 0.870. The zero-order chi connectivity index (χ0) is 29.1. The molecule has 0 spiro atoms. The molecule has 6 aromatic carbocycles. The van der Waals surface area contributed by atoms with E-state index in [9.17, 15) is 0 Å². The Morgan fingerprint density at radius 3 is 2.14 bits per heavy atom. The number of nitrogens with zero attached hydrogens (tertiary/aromatic N) is 1. The second-order valence-corrected chi connectivity index (χ2v) is 10.8. The molecule has 0 saturated heterocycles. The number of nitrogens with one attached hydrogen (secondary N) is 2. The van der Waals surface area contributed by atoms with Gasteiger partial charge in [-0.3, -0.25) is 0 Å². The second kappa shape index (κ2) is 12.9. The Morgan fingerprint density at radius 2 is 1.40 bits per heavy atom. The molecule has 0 bridgehead atoms. The van der Waals surface area contributed by atoms with Crippen molar-refractivity contribution in [3.05, 3.63) is 162 Å². The number of amidine groups is 1. The van der Waals surface area contributed by atoms with Gasteiger partial charge in [0.2, 0.25) is 0 Å². The van der Waals surface area contributed by atoms with Crippen LogP contribution in [0.4, 0.5) is 0 Å². The Kier molecular flexibility index (Phi) is 9.08. The van der Waals surface area contributed by atoms with Gasteiger partial charge < -0.3 is 16.1 Å². The monoisotopic (exact) mass is 563 g/mol. The minimum atomic E-state index is 0. The molecule has 7 rings (SSSR count). The number of rotatable bonds is 4. The van der Waals surface area contributed by atoms with Crippen LogP contribution >= 0.6 is 0 Å². The molecule has 0 aliphatic heterocycles. The van der Waals surface area contributed by atoms with E-state index >= 15 is 0 Å². The molecule has 1 aliphatic rings. The van der Waals surface area contributed by atoms with Crippen LogP contribution in [0.1, 0.15) is 30.5 Å². The maximum Gasteiger partial charge on any atom is 1.00 e. The molecular weight excluding hydrogens is 533 g/mol. The molecule has 1 aliphatic carbocycles. The van der Waals surface area contributed by atoms with Gasteiger partial charge in [0.05, 0.1) is 0 Å². The Bertz CT molecular complexity index is 1930. The van der Waals surface area contributed by atoms with E-state index in [1.165, 1.54) is 44.3 Å². The van der Waals surface area contributed by atoms with Gasteiger partial charge in [-0.25, -0.2) is 0 Å². The predicted octanol–water partition coefficient (Wildman–Crippen LogP) is 7.18. The van der Waals surface area contributed by atoms with E-state index in [1.54, 1.807) is 12.1 Å². The molecule has 0 unspecified atom stereocenters. The molecule has 0 atom stereocenters. The normalized spacial score (nSPS) is 12.7. The predicted molar refractivity (Wildman–Crippen MR) is 176 cm³/mol. The van der Waals surface area contributed by atoms with Gasteiger partial charge in [-0.05, 0) is 27.7 Å². The van der Waals surface area contributed by atoms with E-state index in [2.05, 4.69) is 122 Å². The summed E-state index contributed by atoms with van der Waals surface area (Å²) < 4.78 is 0. The molecule has 0 amide bonds. The molecule has 0 saturated carbocycles. The van der Waals surface area contributed by atoms with Gasteiger partial charge in [0.15, 0.2) is 0 Å². The van der Waals surface area contributed by atoms with E-state index in [-0.39, 0.29) is 40.8 Å². The average Bonchev–Trinajstić information content (AvgIpc) is 3.27. The Labute approximate surface area is 276 Å². The number of hydrogen-bond donors (Lipinski definition) is 1. The number of fused-ring (bicyclic) bond motifs is 4. The standard InChI is InChI=1S/C31H22.C8H8N3.Na/c1-31(2)29-17-7-6-12-27(29)28-20-22(18-19-30(28)31)24-14-9-15-25-23(13-8-16-26(24)25)21-10-4-3-5-11-21;9-6-11-8(10)7-4-2-1-3-5-7;/h3-15,17,19-20H,1-2H3;1-6H,(H2-,9,10,11);/q-2;-1;+1. The van der Waals surface area contributed by atoms with Gasteiger partial charge in [-0.1, -0.05) is 134 Å². The Balaban J connectivity index is 0.000000262. The fraction of sp³-hybridized carbons (Fsp3) is 0.0769. The molecule has 0 fully saturated rings. The van der Waals surface area contributed by atoms with Crippen LogP contribution in [0.3, 0.4) is 0 Å². The summed E-state index contributed by atoms with van der Waals surface area (Å²) in [6, 6.07) is 50.9. The van der Waals surface area contributed by atoms with Crippen molar-refractivity contribution in [1.29, 1.82) is 5.41 Å². The van der Waals surface area contributed by atoms with Crippen molar-refractivity contribution in [2.45, 2.75) is 19.3 Å². The van der Waals surface area contributed by atoms with E-state index in [0.717, 1.165) is 22.9 Å². The van der Waals surface area contributed by atoms with Crippen LogP contribution in [-0.4, -0.2) is 12.2 Å². The summed E-state index contributed by atoms with van der Waals surface area (Å²) in [6.45, 7) is 4.62. The van der Waals surface area contributed by atoms with Gasteiger partial charge in [0.25, 0.3) is 0 Å². The van der Waals surface area contributed by atoms with Crippen LogP contribution in [0, 0.1) is 17.5 Å². The minimum absolute atomic E-state index is 0. The molecule has 43 heavy (non-hydrogen) atoms. The fourth-order valence-electron chi connectivity index (χ4n) is 5.85. The first-order valence-electron chi connectivity index (χ1n) is 14.0. The molecule has 6 aromatic rings. The molecule has 0 heterocycles. The van der Waals surface area contributed by atoms with Crippen LogP contribution in [0.25, 0.3) is 49.9 Å². The summed E-state index contributed by atoms with van der Waals surface area (Å²) in [4.78, 5) is 3.52. The molecule has 4 heteroatoms. The molecule has 2 N–H and O–H groups in total. The van der Waals surface area contributed by atoms with E-state index < -0.39 is 0 Å². The van der Waals surface area contributed by atoms with Crippen molar-refractivity contribution in [2.75, 3.05) is 0 Å². The summed E-state index contributed by atoms with van der Waals surface area (Å²) in [5, 5.41) is 9.02. The van der Waals surface area contributed by atoms with Gasteiger partial charge in [-0.15, -0.1) is 63.9 Å². The van der Waals surface area contributed by atoms with Gasteiger partial charge in [0.1, 0.15) is 0 Å². The zero-order valence-electron chi connectivity index (χ0n) is 24.6. The number of benzene rings is 6. The third kappa shape index (κ3) is 5.85. The summed E-state index contributed by atoms with van der Waals surface area (Å²) >= 11 is 0. The van der Waals surface area contributed by atoms with Crippen LogP contribution in [0.2, 0.25) is 0 Å². The average molecular weight is 564 g/mol. The second-order valence-electron chi connectivity index (χ2n) is 10.8. The first kappa shape index (κ1) is 30.2. The quantitative estimate of drug-likeness (QED) is 0.102. The third-order valence-corrected chi connectivity index (χ3v) is 7.96. The van der Waals surface area contributed by atoms with Crippen molar-refractivity contribution in [1.82, 2.24) is 0 Å². The maximum atomic E-state index is 7.31. The maximum absolute atomic E-state index is 7.31. The SMILES string of the molecule is CC1(C)c2c[c-]c(-c3cccc4c(-c5ccccc5)cc[c-]c34)cc2-c2ccccc21.N=CN=C([NH-])c1ccccc1.[Na+]. The Morgan fingerprint density at radius 1 is 0.721 bits per heavy atom. The van der Waals surface area contributed by atoms with E-state index in [1.807, 2.05) is 24.3 Å². The van der Waals surface area contributed by atoms with Crippen LogP contribution in [0.15, 0.2) is 132 Å². The molecular formula is C39H30N3Na-2. The van der Waals surface area contributed by atoms with Crippen molar-refractivity contribution in [2.24, 2.45) is 4.99 Å². The van der Waals surface area contributed by atoms with Crippen molar-refractivity contribution in [3.63, 3.8) is 0 Å². The topological polar surface area (TPSA) is 60.0 Å². The molecule has 3 nitrogen and oxygen atoms in total. The molecule has 0 radical (unpaired) electrons. The first-order chi connectivity index (χ1) is 20.5. The zero-order valence-corrected chi connectivity index (χ0v) is 26.6. The van der Waals surface area contributed by atoms with Crippen LogP contribution in [0.5, 0.6) is 0 Å². The minimum Gasteiger partial charge on any atom is -0.482 e. The fourth-order valence-corrected chi connectivity index (χ4v) is 5.85. The first-order valence-corrected chi connectivity index (χ1v) is 14.0. The molecule has 204 valence electrons. The largest absolute Gasteiger partial charge is 1.00 e. The number of aliphatic imine (C=N–C) groups is 1. The third-order valence-electron chi connectivity index (χ3n) is 7.96. The van der Waals surface area contributed by atoms with Crippen LogP contribution < -0.4 is 29.6 Å². The van der Waals surface area contributed by atoms with Gasteiger partial charge in [0, 0.05) is 6.34 Å². The van der Waals surface area contributed by atoms with Gasteiger partial charge >= 0.3 is 29.6 Å². The summed E-state index contributed by atoms with van der Waals surface area (Å²) in [5.41, 5.74) is 18.2.